The van der Waals surface area contributed by atoms with Crippen molar-refractivity contribution in [2.45, 2.75) is 25.0 Å². The van der Waals surface area contributed by atoms with Gasteiger partial charge < -0.3 is 15.2 Å². The molecule has 2 aromatic rings. The van der Waals surface area contributed by atoms with Crippen molar-refractivity contribution in [3.05, 3.63) is 36.0 Å². The predicted octanol–water partition coefficient (Wildman–Crippen LogP) is 2.26. The zero-order chi connectivity index (χ0) is 21.1. The third-order valence-corrected chi connectivity index (χ3v) is 4.71. The second kappa shape index (κ2) is 8.24. The third kappa shape index (κ3) is 4.76. The van der Waals surface area contributed by atoms with Gasteiger partial charge in [0, 0.05) is 11.8 Å². The van der Waals surface area contributed by atoms with Crippen molar-refractivity contribution in [3.8, 4) is 11.6 Å². The summed E-state index contributed by atoms with van der Waals surface area (Å²) in [6, 6.07) is 3.50. The number of urea groups is 1. The fraction of sp³-hybridized carbons (Fsp3) is 0.214. The Bertz CT molecular complexity index is 974. The molecule has 0 fully saturated rings. The summed E-state index contributed by atoms with van der Waals surface area (Å²) in [7, 11) is -4.96. The predicted molar refractivity (Wildman–Crippen MR) is 85.7 cm³/mol. The maximum absolute atomic E-state index is 12.9. The number of ether oxygens (including phenoxy) is 2. The molecule has 14 heteroatoms. The molecular formula is C14H12F4N4O5S. The first-order valence-electron chi connectivity index (χ1n) is 7.21. The van der Waals surface area contributed by atoms with Crippen molar-refractivity contribution in [1.82, 2.24) is 9.97 Å². The number of para-hydroxylation sites is 1. The lowest BCUT2D eigenvalue weighted by molar-refractivity contribution is -0.0531. The lowest BCUT2D eigenvalue weighted by Gasteiger charge is -2.20. The number of nitrogens with zero attached hydrogens (tertiary/aromatic N) is 3. The second-order valence-corrected chi connectivity index (χ2v) is 6.71. The Labute approximate surface area is 155 Å². The molecular weight excluding hydrogens is 412 g/mol. The molecule has 1 aromatic carbocycles. The highest BCUT2D eigenvalue weighted by Crippen LogP contribution is 2.30. The first kappa shape index (κ1) is 21.1. The minimum Gasteiger partial charge on any atom is -0.433 e. The van der Waals surface area contributed by atoms with Crippen molar-refractivity contribution in [2.24, 2.45) is 5.73 Å². The molecule has 0 saturated heterocycles. The Morgan fingerprint density at radius 2 is 1.71 bits per heavy atom. The van der Waals surface area contributed by atoms with Gasteiger partial charge in [-0.15, -0.1) is 4.31 Å². The summed E-state index contributed by atoms with van der Waals surface area (Å²) >= 11 is 0. The molecule has 0 saturated carbocycles. The van der Waals surface area contributed by atoms with Gasteiger partial charge in [-0.3, -0.25) is 0 Å². The van der Waals surface area contributed by atoms with Gasteiger partial charge in [-0.05, 0) is 19.1 Å². The Morgan fingerprint density at radius 3 is 2.29 bits per heavy atom. The number of nitrogens with two attached hydrogens (primary N) is 1. The summed E-state index contributed by atoms with van der Waals surface area (Å²) < 4.78 is 83.8. The number of aromatic nitrogens is 2. The summed E-state index contributed by atoms with van der Waals surface area (Å²) in [6.07, 6.45) is 0. The number of anilines is 1. The minimum absolute atomic E-state index is 0.0424. The zero-order valence-electron chi connectivity index (χ0n) is 13.9. The highest BCUT2D eigenvalue weighted by atomic mass is 32.2. The normalized spacial score (nSPS) is 11.5. The van der Waals surface area contributed by atoms with Crippen molar-refractivity contribution in [3.63, 3.8) is 0 Å². The van der Waals surface area contributed by atoms with E-state index in [0.29, 0.717) is 0 Å². The first-order chi connectivity index (χ1) is 13.0. The van der Waals surface area contributed by atoms with E-state index in [4.69, 9.17) is 5.73 Å². The Morgan fingerprint density at radius 1 is 1.11 bits per heavy atom. The number of hydrogen-bond acceptors (Lipinski definition) is 7. The highest BCUT2D eigenvalue weighted by molar-refractivity contribution is 7.93. The molecule has 1 aromatic heterocycles. The van der Waals surface area contributed by atoms with Gasteiger partial charge in [0.1, 0.15) is 10.6 Å². The number of rotatable bonds is 7. The number of primary amides is 1. The van der Waals surface area contributed by atoms with Crippen molar-refractivity contribution >= 4 is 22.0 Å². The van der Waals surface area contributed by atoms with Gasteiger partial charge in [0.05, 0.1) is 0 Å². The number of halogens is 4. The number of aryl methyl sites for hydroxylation is 1. The van der Waals surface area contributed by atoms with E-state index in [0.717, 1.165) is 18.2 Å². The fourth-order valence-electron chi connectivity index (χ4n) is 2.05. The molecule has 9 nitrogen and oxygen atoms in total. The number of carbonyl (C=O) groups excluding carboxylic acids is 1. The lowest BCUT2D eigenvalue weighted by atomic mass is 10.3. The number of benzene rings is 1. The topological polar surface area (TPSA) is 125 Å². The van der Waals surface area contributed by atoms with E-state index >= 15 is 0 Å². The Hall–Kier alpha value is -3.16. The van der Waals surface area contributed by atoms with Crippen LogP contribution in [0.1, 0.15) is 5.69 Å². The Kier molecular flexibility index (Phi) is 6.23. The average Bonchev–Trinajstić information content (AvgIpc) is 2.52. The second-order valence-electron chi connectivity index (χ2n) is 4.96. The molecule has 0 unspecified atom stereocenters. The largest absolute Gasteiger partial charge is 0.433 e. The lowest BCUT2D eigenvalue weighted by Crippen LogP contribution is -2.42. The summed E-state index contributed by atoms with van der Waals surface area (Å²) in [4.78, 5) is 18.0. The van der Waals surface area contributed by atoms with Crippen LogP contribution < -0.4 is 19.5 Å². The van der Waals surface area contributed by atoms with E-state index in [2.05, 4.69) is 19.4 Å². The molecule has 0 radical (unpaired) electrons. The van der Waals surface area contributed by atoms with Crippen LogP contribution in [-0.4, -0.2) is 37.6 Å². The van der Waals surface area contributed by atoms with E-state index in [1.165, 1.54) is 19.1 Å². The van der Waals surface area contributed by atoms with E-state index in [1.54, 1.807) is 0 Å². The van der Waals surface area contributed by atoms with Crippen molar-refractivity contribution in [1.29, 1.82) is 0 Å². The standard InChI is InChI=1S/C14H12F4N4O5S/c1-7-6-10(27-12(17)18)21-14(20-7)22(13(19)23)28(24,25)9-5-3-2-4-8(9)26-11(15)16/h2-6,11-12H,1H3,(H2,19,23). The summed E-state index contributed by atoms with van der Waals surface area (Å²) in [5, 5.41) is 0. The number of amides is 2. The molecule has 2 rings (SSSR count). The molecule has 0 spiro atoms. The quantitative estimate of drug-likeness (QED) is 0.676. The molecule has 152 valence electrons. The fourth-order valence-corrected chi connectivity index (χ4v) is 3.40. The Balaban J connectivity index is 2.62. The minimum atomic E-state index is -4.96. The van der Waals surface area contributed by atoms with Crippen LogP contribution >= 0.6 is 0 Å². The molecule has 0 aliphatic heterocycles. The van der Waals surface area contributed by atoms with Crippen LogP contribution in [0.2, 0.25) is 0 Å². The maximum Gasteiger partial charge on any atom is 0.388 e. The van der Waals surface area contributed by atoms with Crippen LogP contribution in [0.5, 0.6) is 11.6 Å². The smallest absolute Gasteiger partial charge is 0.388 e. The summed E-state index contributed by atoms with van der Waals surface area (Å²) in [5.74, 6) is -2.44. The molecule has 0 aliphatic carbocycles. The summed E-state index contributed by atoms with van der Waals surface area (Å²) in [6.45, 7) is -5.37. The molecule has 0 bridgehead atoms. The molecule has 2 N–H and O–H groups in total. The van der Waals surface area contributed by atoms with Gasteiger partial charge in [0.25, 0.3) is 16.0 Å². The van der Waals surface area contributed by atoms with Crippen LogP contribution in [0.15, 0.2) is 35.2 Å². The van der Waals surface area contributed by atoms with Crippen LogP contribution in [0.3, 0.4) is 0 Å². The van der Waals surface area contributed by atoms with E-state index < -0.39 is 51.8 Å². The molecule has 2 amide bonds. The molecule has 28 heavy (non-hydrogen) atoms. The first-order valence-corrected chi connectivity index (χ1v) is 8.65. The molecule has 1 heterocycles. The van der Waals surface area contributed by atoms with Crippen LogP contribution in [0.25, 0.3) is 0 Å². The van der Waals surface area contributed by atoms with Crippen LogP contribution in [-0.2, 0) is 10.0 Å². The van der Waals surface area contributed by atoms with Crippen LogP contribution in [0, 0.1) is 6.92 Å². The van der Waals surface area contributed by atoms with E-state index in [-0.39, 0.29) is 10.00 Å². The highest BCUT2D eigenvalue weighted by Gasteiger charge is 2.35. The van der Waals surface area contributed by atoms with E-state index in [9.17, 15) is 30.8 Å². The van der Waals surface area contributed by atoms with Crippen molar-refractivity contribution < 1.29 is 40.2 Å². The molecule has 0 atom stereocenters. The monoisotopic (exact) mass is 424 g/mol. The molecule has 0 aliphatic rings. The SMILES string of the molecule is Cc1cc(OC(F)F)nc(N(C(N)=O)S(=O)(=O)c2ccccc2OC(F)F)n1. The summed E-state index contributed by atoms with van der Waals surface area (Å²) in [5.41, 5.74) is 5.05. The maximum atomic E-state index is 12.9. The van der Waals surface area contributed by atoms with Gasteiger partial charge in [-0.1, -0.05) is 12.1 Å². The number of hydrogen-bond donors (Lipinski definition) is 1. The number of carbonyl (C=O) groups is 1. The van der Waals surface area contributed by atoms with Gasteiger partial charge in [0.2, 0.25) is 5.88 Å². The average molecular weight is 424 g/mol. The van der Waals surface area contributed by atoms with Crippen molar-refractivity contribution in [2.75, 3.05) is 4.31 Å². The van der Waals surface area contributed by atoms with Gasteiger partial charge in [0.15, 0.2) is 0 Å². The van der Waals surface area contributed by atoms with Gasteiger partial charge >= 0.3 is 19.3 Å². The number of alkyl halides is 4. The third-order valence-electron chi connectivity index (χ3n) is 2.99. The van der Waals surface area contributed by atoms with Crippen LogP contribution in [0.4, 0.5) is 28.3 Å². The van der Waals surface area contributed by atoms with Gasteiger partial charge in [-0.2, -0.15) is 22.5 Å². The van der Waals surface area contributed by atoms with E-state index in [1.807, 2.05) is 0 Å². The zero-order valence-corrected chi connectivity index (χ0v) is 14.7. The van der Waals surface area contributed by atoms with Gasteiger partial charge in [-0.25, -0.2) is 18.2 Å². The number of sulfonamides is 1.